The summed E-state index contributed by atoms with van der Waals surface area (Å²) in [4.78, 5) is 26.6. The smallest absolute Gasteiger partial charge is 0.263 e. The minimum absolute atomic E-state index is 0.103. The molecule has 9 heteroatoms. The van der Waals surface area contributed by atoms with Gasteiger partial charge in [-0.25, -0.2) is 9.97 Å². The maximum atomic E-state index is 12.4. The molecule has 2 saturated heterocycles. The Kier molecular flexibility index (Phi) is 6.27. The third kappa shape index (κ3) is 4.80. The Bertz CT molecular complexity index is 765. The first kappa shape index (κ1) is 19.1. The summed E-state index contributed by atoms with van der Waals surface area (Å²) in [7, 11) is 0. The van der Waals surface area contributed by atoms with Crippen molar-refractivity contribution in [1.82, 2.24) is 20.2 Å². The lowest BCUT2D eigenvalue weighted by atomic mass is 10.0. The topological polar surface area (TPSA) is 61.4 Å². The summed E-state index contributed by atoms with van der Waals surface area (Å²) in [6.45, 7) is 4.96. The van der Waals surface area contributed by atoms with Crippen molar-refractivity contribution in [3.63, 3.8) is 0 Å². The van der Waals surface area contributed by atoms with Crippen molar-refractivity contribution in [2.24, 2.45) is 0 Å². The maximum absolute atomic E-state index is 12.4. The standard InChI is InChI=1S/C18H24ClN5OS2/c19-15-11-20-16(27-15)12-21-17(25)14-10-22-18(26-14)24-8-4-13(5-9-24)23-6-2-1-3-7-23/h10-11,13H,1-9,12H2,(H,21,25). The number of nitrogens with zero attached hydrogens (tertiary/aromatic N) is 4. The van der Waals surface area contributed by atoms with Gasteiger partial charge in [-0.15, -0.1) is 11.3 Å². The highest BCUT2D eigenvalue weighted by molar-refractivity contribution is 7.17. The zero-order valence-electron chi connectivity index (χ0n) is 15.2. The number of amides is 1. The first-order chi connectivity index (χ1) is 13.2. The van der Waals surface area contributed by atoms with Gasteiger partial charge < -0.3 is 15.1 Å². The number of piperidine rings is 2. The van der Waals surface area contributed by atoms with Crippen LogP contribution in [0.3, 0.4) is 0 Å². The Hall–Kier alpha value is -1.22. The van der Waals surface area contributed by atoms with Crippen LogP contribution in [0, 0.1) is 0 Å². The molecule has 6 nitrogen and oxygen atoms in total. The molecular weight excluding hydrogens is 402 g/mol. The van der Waals surface area contributed by atoms with Crippen LogP contribution in [0.2, 0.25) is 4.34 Å². The highest BCUT2D eigenvalue weighted by Crippen LogP contribution is 2.28. The zero-order chi connectivity index (χ0) is 18.6. The molecule has 0 radical (unpaired) electrons. The van der Waals surface area contributed by atoms with Crippen LogP contribution in [-0.2, 0) is 6.54 Å². The number of nitrogens with one attached hydrogen (secondary N) is 1. The molecule has 4 heterocycles. The van der Waals surface area contributed by atoms with E-state index in [1.165, 1.54) is 67.9 Å². The van der Waals surface area contributed by atoms with Crippen molar-refractivity contribution in [3.8, 4) is 0 Å². The summed E-state index contributed by atoms with van der Waals surface area (Å²) >= 11 is 8.72. The van der Waals surface area contributed by atoms with Crippen LogP contribution in [0.25, 0.3) is 0 Å². The molecule has 0 aliphatic carbocycles. The van der Waals surface area contributed by atoms with Crippen molar-refractivity contribution in [1.29, 1.82) is 0 Å². The Morgan fingerprint density at radius 3 is 2.59 bits per heavy atom. The van der Waals surface area contributed by atoms with E-state index in [1.807, 2.05) is 0 Å². The van der Waals surface area contributed by atoms with Crippen molar-refractivity contribution in [3.05, 3.63) is 26.6 Å². The monoisotopic (exact) mass is 425 g/mol. The van der Waals surface area contributed by atoms with Crippen LogP contribution < -0.4 is 10.2 Å². The summed E-state index contributed by atoms with van der Waals surface area (Å²) in [5.74, 6) is -0.103. The van der Waals surface area contributed by atoms with Gasteiger partial charge in [0.15, 0.2) is 5.13 Å². The minimum atomic E-state index is -0.103. The van der Waals surface area contributed by atoms with Crippen molar-refractivity contribution in [2.75, 3.05) is 31.1 Å². The van der Waals surface area contributed by atoms with Crippen LogP contribution in [0.1, 0.15) is 46.8 Å². The Balaban J connectivity index is 1.28. The third-order valence-corrected chi connectivity index (χ3v) is 7.46. The molecule has 0 unspecified atom stereocenters. The maximum Gasteiger partial charge on any atom is 0.263 e. The molecule has 0 atom stereocenters. The van der Waals surface area contributed by atoms with Crippen LogP contribution >= 0.6 is 34.3 Å². The minimum Gasteiger partial charge on any atom is -0.348 e. The van der Waals surface area contributed by atoms with Gasteiger partial charge in [0.1, 0.15) is 14.2 Å². The number of carbonyl (C=O) groups excluding carboxylic acids is 1. The fraction of sp³-hybridized carbons (Fsp3) is 0.611. The number of halogens is 1. The van der Waals surface area contributed by atoms with Crippen LogP contribution in [0.4, 0.5) is 5.13 Å². The lowest BCUT2D eigenvalue weighted by molar-refractivity contribution is 0.0954. The van der Waals surface area contributed by atoms with E-state index in [9.17, 15) is 4.79 Å². The molecular formula is C18H24ClN5OS2. The van der Waals surface area contributed by atoms with Crippen molar-refractivity contribution < 1.29 is 4.79 Å². The van der Waals surface area contributed by atoms with E-state index in [0.29, 0.717) is 15.8 Å². The van der Waals surface area contributed by atoms with Crippen LogP contribution in [0.15, 0.2) is 12.4 Å². The van der Waals surface area contributed by atoms with E-state index in [0.717, 1.165) is 29.3 Å². The van der Waals surface area contributed by atoms with Crippen LogP contribution in [-0.4, -0.2) is 53.0 Å². The van der Waals surface area contributed by atoms with Gasteiger partial charge >= 0.3 is 0 Å². The van der Waals surface area contributed by atoms with Gasteiger partial charge in [0.05, 0.1) is 18.9 Å². The molecule has 146 valence electrons. The predicted molar refractivity (Wildman–Crippen MR) is 111 cm³/mol. The molecule has 27 heavy (non-hydrogen) atoms. The van der Waals surface area contributed by atoms with Gasteiger partial charge in [-0.2, -0.15) is 0 Å². The summed E-state index contributed by atoms with van der Waals surface area (Å²) in [6.07, 6.45) is 9.73. The first-order valence-electron chi connectivity index (χ1n) is 9.52. The van der Waals surface area contributed by atoms with Crippen LogP contribution in [0.5, 0.6) is 0 Å². The second-order valence-corrected chi connectivity index (χ2v) is 9.82. The fourth-order valence-corrected chi connectivity index (χ4v) is 5.61. The molecule has 4 rings (SSSR count). The zero-order valence-corrected chi connectivity index (χ0v) is 17.6. The SMILES string of the molecule is O=C(NCc1ncc(Cl)s1)c1cnc(N2CCC(N3CCCCC3)CC2)s1. The fourth-order valence-electron chi connectivity index (χ4n) is 3.83. The molecule has 0 saturated carbocycles. The number of hydrogen-bond donors (Lipinski definition) is 1. The van der Waals surface area contributed by atoms with Gasteiger partial charge in [0.25, 0.3) is 5.91 Å². The second-order valence-electron chi connectivity index (χ2n) is 7.06. The van der Waals surface area contributed by atoms with E-state index >= 15 is 0 Å². The Morgan fingerprint density at radius 1 is 1.11 bits per heavy atom. The normalized spacial score (nSPS) is 19.4. The number of thiazole rings is 2. The lowest BCUT2D eigenvalue weighted by Crippen LogP contribution is -2.46. The highest BCUT2D eigenvalue weighted by atomic mass is 35.5. The number of hydrogen-bond acceptors (Lipinski definition) is 7. The quantitative estimate of drug-likeness (QED) is 0.792. The predicted octanol–water partition coefficient (Wildman–Crippen LogP) is 3.64. The summed E-state index contributed by atoms with van der Waals surface area (Å²) in [5, 5.41) is 4.65. The number of aromatic nitrogens is 2. The largest absolute Gasteiger partial charge is 0.348 e. The third-order valence-electron chi connectivity index (χ3n) is 5.28. The molecule has 2 aromatic rings. The number of likely N-dealkylation sites (tertiary alicyclic amines) is 1. The summed E-state index contributed by atoms with van der Waals surface area (Å²) < 4.78 is 0.632. The Morgan fingerprint density at radius 2 is 1.89 bits per heavy atom. The van der Waals surface area contributed by atoms with E-state index < -0.39 is 0 Å². The lowest BCUT2D eigenvalue weighted by Gasteiger charge is -2.40. The average Bonchev–Trinajstić information content (AvgIpc) is 3.36. The Labute approximate surface area is 172 Å². The summed E-state index contributed by atoms with van der Waals surface area (Å²) in [5.41, 5.74) is 0. The molecule has 2 aliphatic rings. The summed E-state index contributed by atoms with van der Waals surface area (Å²) in [6, 6.07) is 0.717. The van der Waals surface area contributed by atoms with E-state index in [2.05, 4.69) is 25.1 Å². The van der Waals surface area contributed by atoms with E-state index in [-0.39, 0.29) is 5.91 Å². The number of carbonyl (C=O) groups is 1. The molecule has 2 fully saturated rings. The van der Waals surface area contributed by atoms with Gasteiger partial charge in [-0.1, -0.05) is 29.4 Å². The molecule has 1 amide bonds. The average molecular weight is 426 g/mol. The van der Waals surface area contributed by atoms with E-state index in [4.69, 9.17) is 11.6 Å². The molecule has 0 spiro atoms. The molecule has 0 bridgehead atoms. The van der Waals surface area contributed by atoms with Crippen molar-refractivity contribution >= 4 is 45.3 Å². The number of anilines is 1. The van der Waals surface area contributed by atoms with Gasteiger partial charge in [0.2, 0.25) is 0 Å². The van der Waals surface area contributed by atoms with Crippen molar-refractivity contribution in [2.45, 2.75) is 44.7 Å². The van der Waals surface area contributed by atoms with Gasteiger partial charge in [-0.05, 0) is 38.8 Å². The molecule has 2 aliphatic heterocycles. The first-order valence-corrected chi connectivity index (χ1v) is 11.5. The van der Waals surface area contributed by atoms with Gasteiger partial charge in [-0.3, -0.25) is 4.79 Å². The second kappa shape index (κ2) is 8.86. The number of rotatable bonds is 5. The molecule has 0 aromatic carbocycles. The highest BCUT2D eigenvalue weighted by Gasteiger charge is 2.27. The van der Waals surface area contributed by atoms with E-state index in [1.54, 1.807) is 12.4 Å². The van der Waals surface area contributed by atoms with Gasteiger partial charge in [0, 0.05) is 19.1 Å². The molecule has 2 aromatic heterocycles. The molecule has 1 N–H and O–H groups in total.